The van der Waals surface area contributed by atoms with Gasteiger partial charge >= 0.3 is 0 Å². The molecule has 1 amide bonds. The van der Waals surface area contributed by atoms with Crippen molar-refractivity contribution in [2.75, 3.05) is 19.6 Å². The van der Waals surface area contributed by atoms with E-state index in [2.05, 4.69) is 19.2 Å². The predicted octanol–water partition coefficient (Wildman–Crippen LogP) is 1.20. The molecular formula is C15H20N2O2. The number of para-hydroxylation sites is 1. The molecule has 0 aliphatic carbocycles. The third-order valence-corrected chi connectivity index (χ3v) is 3.99. The molecule has 0 radical (unpaired) electrons. The minimum absolute atomic E-state index is 0.114. The Bertz CT molecular complexity index is 474. The van der Waals surface area contributed by atoms with Gasteiger partial charge in [-0.2, -0.15) is 0 Å². The highest BCUT2D eigenvalue weighted by Crippen LogP contribution is 2.30. The number of fused-ring (bicyclic) bond motifs is 1. The van der Waals surface area contributed by atoms with Gasteiger partial charge in [0.2, 0.25) is 0 Å². The highest BCUT2D eigenvalue weighted by molar-refractivity contribution is 5.83. The third kappa shape index (κ3) is 2.21. The van der Waals surface area contributed by atoms with E-state index in [4.69, 9.17) is 4.74 Å². The molecule has 0 spiro atoms. The van der Waals surface area contributed by atoms with Crippen molar-refractivity contribution in [1.29, 1.82) is 0 Å². The zero-order valence-electron chi connectivity index (χ0n) is 11.5. The molecule has 4 heteroatoms. The van der Waals surface area contributed by atoms with Gasteiger partial charge in [-0.1, -0.05) is 18.2 Å². The van der Waals surface area contributed by atoms with Crippen LogP contribution in [0, 0.1) is 0 Å². The maximum Gasteiger partial charge on any atom is 0.264 e. The summed E-state index contributed by atoms with van der Waals surface area (Å²) in [5.41, 5.74) is 0.988. The van der Waals surface area contributed by atoms with Gasteiger partial charge in [0.25, 0.3) is 5.91 Å². The number of carbonyl (C=O) groups is 1. The lowest BCUT2D eigenvalue weighted by Gasteiger charge is -2.43. The molecule has 1 saturated heterocycles. The van der Waals surface area contributed by atoms with E-state index in [-0.39, 0.29) is 17.6 Å². The average Bonchev–Trinajstić information content (AvgIpc) is 2.81. The molecule has 0 bridgehead atoms. The quantitative estimate of drug-likeness (QED) is 0.825. The molecule has 1 fully saturated rings. The van der Waals surface area contributed by atoms with Crippen LogP contribution in [-0.4, -0.2) is 42.1 Å². The molecular weight excluding hydrogens is 240 g/mol. The number of amides is 1. The Morgan fingerprint density at radius 2 is 2.21 bits per heavy atom. The minimum Gasteiger partial charge on any atom is -0.480 e. The smallest absolute Gasteiger partial charge is 0.264 e. The zero-order chi connectivity index (χ0) is 13.5. The summed E-state index contributed by atoms with van der Waals surface area (Å²) in [6, 6.07) is 7.90. The van der Waals surface area contributed by atoms with Crippen molar-refractivity contribution in [3.63, 3.8) is 0 Å². The van der Waals surface area contributed by atoms with Crippen molar-refractivity contribution in [3.05, 3.63) is 29.8 Å². The van der Waals surface area contributed by atoms with Crippen molar-refractivity contribution in [2.45, 2.75) is 31.9 Å². The van der Waals surface area contributed by atoms with Gasteiger partial charge in [-0.05, 0) is 25.5 Å². The first-order chi connectivity index (χ1) is 9.08. The second kappa shape index (κ2) is 4.53. The molecule has 1 atom stereocenters. The van der Waals surface area contributed by atoms with Crippen LogP contribution < -0.4 is 10.1 Å². The minimum atomic E-state index is -0.352. The first-order valence-electron chi connectivity index (χ1n) is 6.85. The van der Waals surface area contributed by atoms with Crippen LogP contribution in [0.2, 0.25) is 0 Å². The van der Waals surface area contributed by atoms with Crippen LogP contribution >= 0.6 is 0 Å². The van der Waals surface area contributed by atoms with Gasteiger partial charge in [0.1, 0.15) is 5.75 Å². The topological polar surface area (TPSA) is 41.6 Å². The van der Waals surface area contributed by atoms with Crippen LogP contribution in [0.5, 0.6) is 5.75 Å². The first-order valence-corrected chi connectivity index (χ1v) is 6.85. The Hall–Kier alpha value is -1.55. The number of hydrogen-bond acceptors (Lipinski definition) is 3. The molecule has 4 nitrogen and oxygen atoms in total. The monoisotopic (exact) mass is 260 g/mol. The summed E-state index contributed by atoms with van der Waals surface area (Å²) in [5.74, 6) is 0.969. The van der Waals surface area contributed by atoms with Gasteiger partial charge in [-0.15, -0.1) is 0 Å². The molecule has 3 rings (SSSR count). The number of rotatable bonds is 1. The molecule has 0 saturated carbocycles. The van der Waals surface area contributed by atoms with Crippen molar-refractivity contribution in [2.24, 2.45) is 0 Å². The lowest BCUT2D eigenvalue weighted by Crippen LogP contribution is -2.62. The predicted molar refractivity (Wildman–Crippen MR) is 73.2 cm³/mol. The summed E-state index contributed by atoms with van der Waals surface area (Å²) in [7, 11) is 0. The van der Waals surface area contributed by atoms with Crippen LogP contribution in [0.3, 0.4) is 0 Å². The Labute approximate surface area is 113 Å². The molecule has 102 valence electrons. The molecule has 1 aromatic carbocycles. The fraction of sp³-hybridized carbons (Fsp3) is 0.533. The first kappa shape index (κ1) is 12.5. The van der Waals surface area contributed by atoms with E-state index in [1.165, 1.54) is 0 Å². The largest absolute Gasteiger partial charge is 0.480 e. The van der Waals surface area contributed by atoms with Gasteiger partial charge in [-0.3, -0.25) is 4.79 Å². The van der Waals surface area contributed by atoms with Crippen LogP contribution in [0.1, 0.15) is 19.4 Å². The van der Waals surface area contributed by atoms with E-state index in [9.17, 15) is 4.79 Å². The Morgan fingerprint density at radius 3 is 2.95 bits per heavy atom. The molecule has 0 aromatic heterocycles. The number of carbonyl (C=O) groups excluding carboxylic acids is 1. The maximum atomic E-state index is 12.7. The van der Waals surface area contributed by atoms with Gasteiger partial charge in [0, 0.05) is 31.6 Å². The number of benzene rings is 1. The van der Waals surface area contributed by atoms with Crippen molar-refractivity contribution in [3.8, 4) is 5.75 Å². The van der Waals surface area contributed by atoms with Crippen molar-refractivity contribution >= 4 is 5.91 Å². The summed E-state index contributed by atoms with van der Waals surface area (Å²) >= 11 is 0. The third-order valence-electron chi connectivity index (χ3n) is 3.99. The van der Waals surface area contributed by atoms with E-state index in [0.29, 0.717) is 6.42 Å². The Kier molecular flexibility index (Phi) is 2.97. The van der Waals surface area contributed by atoms with E-state index in [1.807, 2.05) is 29.2 Å². The van der Waals surface area contributed by atoms with E-state index in [1.54, 1.807) is 0 Å². The lowest BCUT2D eigenvalue weighted by molar-refractivity contribution is -0.144. The number of hydrogen-bond donors (Lipinski definition) is 1. The fourth-order valence-corrected chi connectivity index (χ4v) is 2.89. The molecule has 2 aliphatic rings. The van der Waals surface area contributed by atoms with Gasteiger partial charge in [0.15, 0.2) is 6.10 Å². The number of ether oxygens (including phenoxy) is 1. The Balaban J connectivity index is 1.76. The van der Waals surface area contributed by atoms with Crippen LogP contribution in [0.4, 0.5) is 0 Å². The highest BCUT2D eigenvalue weighted by atomic mass is 16.5. The molecule has 2 heterocycles. The normalized spacial score (nSPS) is 24.7. The van der Waals surface area contributed by atoms with Gasteiger partial charge in [0.05, 0.1) is 0 Å². The van der Waals surface area contributed by atoms with Crippen LogP contribution in [-0.2, 0) is 11.2 Å². The lowest BCUT2D eigenvalue weighted by atomic mass is 9.98. The molecule has 1 aromatic rings. The number of nitrogens with one attached hydrogen (secondary N) is 1. The van der Waals surface area contributed by atoms with E-state index >= 15 is 0 Å². The number of piperazine rings is 1. The standard InChI is InChI=1S/C15H20N2O2/c1-15(2)10-16-7-8-17(15)14(18)13-9-11-5-3-4-6-12(11)19-13/h3-6,13,16H,7-10H2,1-2H3. The molecule has 2 aliphatic heterocycles. The van der Waals surface area contributed by atoms with E-state index < -0.39 is 0 Å². The van der Waals surface area contributed by atoms with Gasteiger partial charge in [-0.25, -0.2) is 0 Å². The van der Waals surface area contributed by atoms with Crippen LogP contribution in [0.25, 0.3) is 0 Å². The summed E-state index contributed by atoms with van der Waals surface area (Å²) in [6.07, 6.45) is 0.337. The van der Waals surface area contributed by atoms with E-state index in [0.717, 1.165) is 30.9 Å². The molecule has 1 unspecified atom stereocenters. The highest BCUT2D eigenvalue weighted by Gasteiger charge is 2.39. The molecule has 1 N–H and O–H groups in total. The fourth-order valence-electron chi connectivity index (χ4n) is 2.89. The van der Waals surface area contributed by atoms with Crippen LogP contribution in [0.15, 0.2) is 24.3 Å². The second-order valence-corrected chi connectivity index (χ2v) is 5.90. The summed E-state index contributed by atoms with van der Waals surface area (Å²) < 4.78 is 5.80. The molecule has 19 heavy (non-hydrogen) atoms. The average molecular weight is 260 g/mol. The summed E-state index contributed by atoms with van der Waals surface area (Å²) in [6.45, 7) is 6.63. The summed E-state index contributed by atoms with van der Waals surface area (Å²) in [5, 5.41) is 3.33. The summed E-state index contributed by atoms with van der Waals surface area (Å²) in [4.78, 5) is 14.6. The number of nitrogens with zero attached hydrogens (tertiary/aromatic N) is 1. The maximum absolute atomic E-state index is 12.7. The zero-order valence-corrected chi connectivity index (χ0v) is 11.5. The SMILES string of the molecule is CC1(C)CNCCN1C(=O)C1Cc2ccccc2O1. The Morgan fingerprint density at radius 1 is 1.42 bits per heavy atom. The second-order valence-electron chi connectivity index (χ2n) is 5.90. The van der Waals surface area contributed by atoms with Gasteiger partial charge < -0.3 is 15.0 Å². The van der Waals surface area contributed by atoms with Crippen molar-refractivity contribution < 1.29 is 9.53 Å². The van der Waals surface area contributed by atoms with Crippen molar-refractivity contribution in [1.82, 2.24) is 10.2 Å².